The first-order valence-corrected chi connectivity index (χ1v) is 9.76. The summed E-state index contributed by atoms with van der Waals surface area (Å²) in [6, 6.07) is 13.4. The third-order valence-corrected chi connectivity index (χ3v) is 5.48. The van der Waals surface area contributed by atoms with E-state index in [1.165, 1.54) is 18.3 Å². The minimum atomic E-state index is -0.381. The predicted octanol–water partition coefficient (Wildman–Crippen LogP) is 4.39. The van der Waals surface area contributed by atoms with Crippen LogP contribution in [0, 0.1) is 6.57 Å². The Morgan fingerprint density at radius 3 is 2.43 bits per heavy atom. The molecule has 2 N–H and O–H groups in total. The van der Waals surface area contributed by atoms with E-state index in [4.69, 9.17) is 6.57 Å². The van der Waals surface area contributed by atoms with Gasteiger partial charge >= 0.3 is 0 Å². The number of ketones is 1. The number of nitrogens with zero attached hydrogens (tertiary/aromatic N) is 2. The second-order valence-corrected chi connectivity index (χ2v) is 7.38. The standard InChI is InChI=1S/C22H14N4O3S/c1-12(27)24-16-9-5-14(6-10-16)20(28)19-21-18(22(29)26-25-19)17(11-30-21)13-3-7-15(23-2)8-4-13/h3-11H,1H3,(H,24,27)(H,26,29). The summed E-state index contributed by atoms with van der Waals surface area (Å²) in [7, 11) is 0. The first-order valence-electron chi connectivity index (χ1n) is 8.88. The predicted molar refractivity (Wildman–Crippen MR) is 116 cm³/mol. The summed E-state index contributed by atoms with van der Waals surface area (Å²) in [5.74, 6) is -0.531. The number of thiophene rings is 1. The zero-order valence-electron chi connectivity index (χ0n) is 15.7. The van der Waals surface area contributed by atoms with Crippen LogP contribution in [0.5, 0.6) is 0 Å². The van der Waals surface area contributed by atoms with E-state index in [0.717, 1.165) is 5.56 Å². The number of fused-ring (bicyclic) bond motifs is 1. The van der Waals surface area contributed by atoms with Crippen LogP contribution in [-0.2, 0) is 4.79 Å². The molecular weight excluding hydrogens is 400 g/mol. The molecule has 0 radical (unpaired) electrons. The van der Waals surface area contributed by atoms with Gasteiger partial charge in [-0.25, -0.2) is 9.94 Å². The van der Waals surface area contributed by atoms with E-state index in [0.29, 0.717) is 32.6 Å². The summed E-state index contributed by atoms with van der Waals surface area (Å²) in [5.41, 5.74) is 2.72. The highest BCUT2D eigenvalue weighted by atomic mass is 32.1. The Kier molecular flexibility index (Phi) is 4.96. The smallest absolute Gasteiger partial charge is 0.273 e. The Morgan fingerprint density at radius 2 is 1.80 bits per heavy atom. The van der Waals surface area contributed by atoms with Crippen LogP contribution in [0.3, 0.4) is 0 Å². The van der Waals surface area contributed by atoms with Gasteiger partial charge in [-0.15, -0.1) is 11.3 Å². The average molecular weight is 414 g/mol. The fourth-order valence-corrected chi connectivity index (χ4v) is 4.16. The molecule has 1 amide bonds. The van der Waals surface area contributed by atoms with E-state index in [-0.39, 0.29) is 22.9 Å². The summed E-state index contributed by atoms with van der Waals surface area (Å²) in [5, 5.41) is 11.3. The first-order chi connectivity index (χ1) is 14.5. The molecule has 2 heterocycles. The molecule has 0 bridgehead atoms. The number of anilines is 1. The quantitative estimate of drug-likeness (QED) is 0.382. The molecule has 4 rings (SSSR count). The average Bonchev–Trinajstić information content (AvgIpc) is 3.20. The molecule has 0 fully saturated rings. The van der Waals surface area contributed by atoms with Crippen molar-refractivity contribution in [1.82, 2.24) is 10.2 Å². The Bertz CT molecular complexity index is 1380. The van der Waals surface area contributed by atoms with Gasteiger partial charge < -0.3 is 5.32 Å². The van der Waals surface area contributed by atoms with E-state index < -0.39 is 0 Å². The van der Waals surface area contributed by atoms with Gasteiger partial charge in [0.1, 0.15) is 5.69 Å². The van der Waals surface area contributed by atoms with Gasteiger partial charge in [0.25, 0.3) is 5.56 Å². The number of amides is 1. The monoisotopic (exact) mass is 414 g/mol. The Hall–Kier alpha value is -4.09. The highest BCUT2D eigenvalue weighted by Crippen LogP contribution is 2.34. The lowest BCUT2D eigenvalue weighted by Crippen LogP contribution is -2.14. The van der Waals surface area contributed by atoms with Gasteiger partial charge in [-0.3, -0.25) is 14.4 Å². The second-order valence-electron chi connectivity index (χ2n) is 6.50. The molecule has 7 nitrogen and oxygen atoms in total. The molecule has 0 saturated carbocycles. The van der Waals surface area contributed by atoms with Crippen LogP contribution in [0.4, 0.5) is 11.4 Å². The van der Waals surface area contributed by atoms with Gasteiger partial charge in [0.05, 0.1) is 16.7 Å². The van der Waals surface area contributed by atoms with Crippen molar-refractivity contribution >= 4 is 44.5 Å². The van der Waals surface area contributed by atoms with Crippen LogP contribution in [0.15, 0.2) is 58.7 Å². The van der Waals surface area contributed by atoms with E-state index in [9.17, 15) is 14.4 Å². The lowest BCUT2D eigenvalue weighted by molar-refractivity contribution is -0.114. The molecule has 30 heavy (non-hydrogen) atoms. The summed E-state index contributed by atoms with van der Waals surface area (Å²) < 4.78 is 0.499. The number of rotatable bonds is 4. The minimum Gasteiger partial charge on any atom is -0.326 e. The van der Waals surface area contributed by atoms with E-state index in [1.807, 2.05) is 5.38 Å². The summed E-state index contributed by atoms with van der Waals surface area (Å²) in [6.07, 6.45) is 0. The fraction of sp³-hybridized carbons (Fsp3) is 0.0455. The zero-order valence-corrected chi connectivity index (χ0v) is 16.5. The molecule has 0 spiro atoms. The van der Waals surface area contributed by atoms with Crippen LogP contribution >= 0.6 is 11.3 Å². The molecule has 2 aromatic heterocycles. The number of carbonyl (C=O) groups excluding carboxylic acids is 2. The summed E-state index contributed by atoms with van der Waals surface area (Å²) in [6.45, 7) is 8.47. The maximum Gasteiger partial charge on any atom is 0.273 e. The van der Waals surface area contributed by atoms with Crippen LogP contribution in [-0.4, -0.2) is 21.9 Å². The second kappa shape index (κ2) is 7.73. The molecular formula is C22H14N4O3S. The van der Waals surface area contributed by atoms with Gasteiger partial charge in [-0.2, -0.15) is 5.10 Å². The number of hydrogen-bond donors (Lipinski definition) is 2. The highest BCUT2D eigenvalue weighted by Gasteiger charge is 2.20. The van der Waals surface area contributed by atoms with Crippen LogP contribution in [0.25, 0.3) is 26.1 Å². The number of aromatic amines is 1. The van der Waals surface area contributed by atoms with E-state index >= 15 is 0 Å². The third-order valence-electron chi connectivity index (χ3n) is 4.49. The lowest BCUT2D eigenvalue weighted by atomic mass is 10.0. The topological polar surface area (TPSA) is 96.3 Å². The van der Waals surface area contributed by atoms with Crippen molar-refractivity contribution in [2.45, 2.75) is 6.92 Å². The maximum absolute atomic E-state index is 13.0. The molecule has 0 aliphatic rings. The van der Waals surface area contributed by atoms with Crippen molar-refractivity contribution in [1.29, 1.82) is 0 Å². The molecule has 0 unspecified atom stereocenters. The Morgan fingerprint density at radius 1 is 1.10 bits per heavy atom. The maximum atomic E-state index is 13.0. The SMILES string of the molecule is [C-]#[N+]c1ccc(-c2csc3c(C(=O)c4ccc(NC(C)=O)cc4)n[nH]c(=O)c23)cc1. The van der Waals surface area contributed by atoms with E-state index in [2.05, 4.69) is 20.4 Å². The van der Waals surface area contributed by atoms with Crippen molar-refractivity contribution in [3.05, 3.63) is 86.9 Å². The Labute approximate surface area is 174 Å². The molecule has 4 aromatic rings. The highest BCUT2D eigenvalue weighted by molar-refractivity contribution is 7.18. The van der Waals surface area contributed by atoms with Gasteiger partial charge in [-0.05, 0) is 29.8 Å². The number of hydrogen-bond acceptors (Lipinski definition) is 5. The summed E-state index contributed by atoms with van der Waals surface area (Å²) >= 11 is 1.27. The molecule has 0 atom stereocenters. The zero-order chi connectivity index (χ0) is 21.3. The fourth-order valence-electron chi connectivity index (χ4n) is 3.10. The largest absolute Gasteiger partial charge is 0.326 e. The molecule has 0 saturated heterocycles. The van der Waals surface area contributed by atoms with Crippen LogP contribution < -0.4 is 10.9 Å². The van der Waals surface area contributed by atoms with Gasteiger partial charge in [0, 0.05) is 29.1 Å². The van der Waals surface area contributed by atoms with Crippen molar-refractivity contribution in [2.24, 2.45) is 0 Å². The third kappa shape index (κ3) is 3.50. The number of nitrogens with one attached hydrogen (secondary N) is 2. The summed E-state index contributed by atoms with van der Waals surface area (Å²) in [4.78, 5) is 40.1. The molecule has 0 aliphatic carbocycles. The molecule has 146 valence electrons. The van der Waals surface area contributed by atoms with Crippen molar-refractivity contribution in [3.8, 4) is 11.1 Å². The van der Waals surface area contributed by atoms with Crippen LogP contribution in [0.1, 0.15) is 23.0 Å². The van der Waals surface area contributed by atoms with Crippen molar-refractivity contribution in [2.75, 3.05) is 5.32 Å². The number of carbonyl (C=O) groups is 2. The number of benzene rings is 2. The van der Waals surface area contributed by atoms with Gasteiger partial charge in [-0.1, -0.05) is 24.3 Å². The van der Waals surface area contributed by atoms with Crippen molar-refractivity contribution < 1.29 is 9.59 Å². The lowest BCUT2D eigenvalue weighted by Gasteiger charge is -2.05. The minimum absolute atomic E-state index is 0.158. The number of aromatic nitrogens is 2. The van der Waals surface area contributed by atoms with Crippen molar-refractivity contribution in [3.63, 3.8) is 0 Å². The number of H-pyrrole nitrogens is 1. The van der Waals surface area contributed by atoms with E-state index in [1.54, 1.807) is 48.5 Å². The normalized spacial score (nSPS) is 10.5. The van der Waals surface area contributed by atoms with Gasteiger partial charge in [0.15, 0.2) is 5.69 Å². The van der Waals surface area contributed by atoms with Crippen LogP contribution in [0.2, 0.25) is 0 Å². The first kappa shape index (κ1) is 19.2. The molecule has 0 aliphatic heterocycles. The Balaban J connectivity index is 1.77. The molecule has 2 aromatic carbocycles. The molecule has 8 heteroatoms. The van der Waals surface area contributed by atoms with Gasteiger partial charge in [0.2, 0.25) is 11.7 Å².